The van der Waals surface area contributed by atoms with E-state index in [4.69, 9.17) is 12.2 Å². The van der Waals surface area contributed by atoms with Crippen LogP contribution in [0.5, 0.6) is 0 Å². The van der Waals surface area contributed by atoms with Gasteiger partial charge in [-0.15, -0.1) is 11.8 Å². The Kier molecular flexibility index (Phi) is 6.58. The van der Waals surface area contributed by atoms with Gasteiger partial charge in [-0.2, -0.15) is 19.3 Å². The molecule has 0 nitrogen and oxygen atoms in total. The van der Waals surface area contributed by atoms with E-state index in [0.717, 1.165) is 4.20 Å². The van der Waals surface area contributed by atoms with E-state index in [1.165, 1.54) is 5.92 Å². The first-order chi connectivity index (χ1) is 8.11. The molecule has 0 heterocycles. The second-order valence-electron chi connectivity index (χ2n) is 7.98. The number of hydrogen-bond acceptors (Lipinski definition) is 2. The van der Waals surface area contributed by atoms with Crippen molar-refractivity contribution in [3.63, 3.8) is 0 Å². The fourth-order valence-corrected chi connectivity index (χ4v) is 4.50. The van der Waals surface area contributed by atoms with Crippen molar-refractivity contribution >= 4 is 28.2 Å². The molecule has 0 unspecified atom stereocenters. The van der Waals surface area contributed by atoms with Crippen molar-refractivity contribution < 1.29 is 0 Å². The zero-order valence-corrected chi connectivity index (χ0v) is 23.6. The summed E-state index contributed by atoms with van der Waals surface area (Å²) in [7, 11) is 0. The largest absolute Gasteiger partial charge is 0.314 e. The Hall–Kier alpha value is -0.560. The van der Waals surface area contributed by atoms with Crippen LogP contribution in [-0.4, -0.2) is 8.94 Å². The number of thiocarbonyl (C=S) groups is 1. The molecule has 20 heavy (non-hydrogen) atoms. The fourth-order valence-electron chi connectivity index (χ4n) is 2.65. The third-order valence-electron chi connectivity index (χ3n) is 6.28. The first-order valence-corrected chi connectivity index (χ1v) is 8.34. The van der Waals surface area contributed by atoms with Crippen molar-refractivity contribution in [1.29, 1.82) is 0 Å². The standard InChI is InChI=1S/C17H33S2.Rf/c1-12(2)14(4,5)15(6,7)16(8,9)17(10,11)19-13(3)18;/h1-11H3;/q-1;. The van der Waals surface area contributed by atoms with Crippen LogP contribution in [0.3, 0.4) is 0 Å². The van der Waals surface area contributed by atoms with Gasteiger partial charge in [0.05, 0.1) is 0 Å². The van der Waals surface area contributed by atoms with Crippen LogP contribution in [0.1, 0.15) is 76.2 Å². The van der Waals surface area contributed by atoms with Crippen molar-refractivity contribution in [3.8, 4) is 0 Å². The van der Waals surface area contributed by atoms with Crippen molar-refractivity contribution in [2.45, 2.75) is 80.9 Å². The molecular formula is C17H33RfS2-. The van der Waals surface area contributed by atoms with E-state index in [0.29, 0.717) is 0 Å². The Labute approximate surface area is 131 Å². The summed E-state index contributed by atoms with van der Waals surface area (Å²) in [6.45, 7) is 25.5. The van der Waals surface area contributed by atoms with Gasteiger partial charge >= 0.3 is 0 Å². The van der Waals surface area contributed by atoms with Crippen LogP contribution in [0.25, 0.3) is 0 Å². The molecule has 0 saturated carbocycles. The van der Waals surface area contributed by atoms with E-state index in [9.17, 15) is 0 Å². The molecule has 0 fully saturated rings. The maximum Gasteiger partial charge on any atom is 0.0452 e. The second-order valence-corrected chi connectivity index (χ2v) is 10.7. The third-order valence-corrected chi connectivity index (χ3v) is 7.84. The van der Waals surface area contributed by atoms with Gasteiger partial charge in [0.15, 0.2) is 0 Å². The summed E-state index contributed by atoms with van der Waals surface area (Å²) in [6.07, 6.45) is 0. The van der Waals surface area contributed by atoms with Crippen molar-refractivity contribution in [2.24, 2.45) is 16.2 Å². The molecule has 0 rings (SSSR count). The number of rotatable bonds is 5. The van der Waals surface area contributed by atoms with E-state index < -0.39 is 0 Å². The van der Waals surface area contributed by atoms with Gasteiger partial charge in [-0.1, -0.05) is 59.2 Å². The van der Waals surface area contributed by atoms with Crippen molar-refractivity contribution in [1.82, 2.24) is 0 Å². The van der Waals surface area contributed by atoms with Crippen LogP contribution in [0.15, 0.2) is 0 Å². The molecule has 3 heteroatoms. The molecule has 0 aromatic heterocycles. The molecule has 0 aromatic rings. The SMILES string of the molecule is CC(=S)SC(C)(C)C(C)(C)C(C)(C)C(C)(C)[C-](C)C.[Rf]. The molecule has 0 atom stereocenters. The summed E-state index contributed by atoms with van der Waals surface area (Å²) in [5.74, 6) is 1.49. The van der Waals surface area contributed by atoms with Gasteiger partial charge in [-0.3, -0.25) is 0 Å². The Morgan fingerprint density at radius 2 is 1.20 bits per heavy atom. The van der Waals surface area contributed by atoms with Crippen LogP contribution in [0.4, 0.5) is 0 Å². The maximum atomic E-state index is 5.34. The van der Waals surface area contributed by atoms with Crippen LogP contribution in [0, 0.1) is 22.2 Å². The predicted octanol–water partition coefficient (Wildman–Crippen LogP) is 6.54. The average molecular weight is 569 g/mol. The third kappa shape index (κ3) is 3.36. The topological polar surface area (TPSA) is 0 Å². The number of thioether (sulfide) groups is 1. The van der Waals surface area contributed by atoms with Crippen molar-refractivity contribution in [3.05, 3.63) is 5.92 Å². The molecular weight excluding hydrogens is 535 g/mol. The predicted molar refractivity (Wildman–Crippen MR) is 95.9 cm³/mol. The minimum absolute atomic E-state index is 0. The van der Waals surface area contributed by atoms with Crippen LogP contribution in [0.2, 0.25) is 0 Å². The molecule has 0 amide bonds. The molecule has 0 aliphatic rings. The van der Waals surface area contributed by atoms with Gasteiger partial charge in [0.1, 0.15) is 0 Å². The monoisotopic (exact) mass is 568 g/mol. The molecule has 0 N–H and O–H groups in total. The molecule has 0 bridgehead atoms. The molecule has 0 radical (unpaired) electrons. The second kappa shape index (κ2) is 6.05. The summed E-state index contributed by atoms with van der Waals surface area (Å²) in [5, 5.41) is 0. The summed E-state index contributed by atoms with van der Waals surface area (Å²) in [4.78, 5) is 0. The molecule has 0 aliphatic heterocycles. The van der Waals surface area contributed by atoms with E-state index >= 15 is 0 Å². The molecule has 0 spiro atoms. The average Bonchev–Trinajstić information content (AvgIpc) is 2.14. The Bertz CT molecular complexity index is 339. The van der Waals surface area contributed by atoms with Crippen LogP contribution < -0.4 is 0 Å². The van der Waals surface area contributed by atoms with Gasteiger partial charge < -0.3 is 5.92 Å². The molecule has 0 aromatic carbocycles. The Morgan fingerprint density at radius 1 is 0.850 bits per heavy atom. The summed E-state index contributed by atoms with van der Waals surface area (Å²) in [5.41, 5.74) is 0.495. The van der Waals surface area contributed by atoms with Gasteiger partial charge in [-0.25, -0.2) is 0 Å². The maximum absolute atomic E-state index is 5.34. The van der Waals surface area contributed by atoms with Gasteiger partial charge in [0.2, 0.25) is 0 Å². The smallest absolute Gasteiger partial charge is 0.0452 e. The zero-order chi connectivity index (χ0) is 15.9. The van der Waals surface area contributed by atoms with Crippen LogP contribution in [-0.2, 0) is 0 Å². The molecule has 0 aliphatic carbocycles. The van der Waals surface area contributed by atoms with Gasteiger partial charge in [0, 0.05) is 8.94 Å². The van der Waals surface area contributed by atoms with E-state index in [1.807, 2.05) is 18.7 Å². The Morgan fingerprint density at radius 3 is 1.45 bits per heavy atom. The normalized spacial score (nSPS) is 14.2. The van der Waals surface area contributed by atoms with Gasteiger partial charge in [-0.05, 0) is 26.2 Å². The minimum Gasteiger partial charge on any atom is -0.314 e. The molecule has 116 valence electrons. The first kappa shape index (κ1) is 21.7. The quantitative estimate of drug-likeness (QED) is 0.273. The van der Waals surface area contributed by atoms with Crippen LogP contribution >= 0.6 is 24.0 Å². The summed E-state index contributed by atoms with van der Waals surface area (Å²) >= 11 is 7.18. The number of hydrogen-bond donors (Lipinski definition) is 0. The summed E-state index contributed by atoms with van der Waals surface area (Å²) in [6, 6.07) is 0. The minimum atomic E-state index is 0. The van der Waals surface area contributed by atoms with Crippen molar-refractivity contribution in [2.75, 3.05) is 0 Å². The molecule has 0 saturated heterocycles. The Balaban J connectivity index is 0. The summed E-state index contributed by atoms with van der Waals surface area (Å²) < 4.78 is 1.14. The fraction of sp³-hybridized carbons (Fsp3) is 0.882. The first-order valence-electron chi connectivity index (χ1n) is 7.11. The van der Waals surface area contributed by atoms with Gasteiger partial charge in [0.25, 0.3) is 0 Å². The zero-order valence-electron chi connectivity index (χ0n) is 15.5. The van der Waals surface area contributed by atoms with E-state index in [2.05, 4.69) is 69.2 Å². The van der Waals surface area contributed by atoms with E-state index in [-0.39, 0.29) is 21.0 Å². The van der Waals surface area contributed by atoms with E-state index in [1.54, 1.807) is 0 Å².